The van der Waals surface area contributed by atoms with E-state index in [0.717, 1.165) is 5.57 Å². The second-order valence-corrected chi connectivity index (χ2v) is 20.9. The standard InChI is InChI=1S/C42H52O12/c1-17-20-7-9-22-37-15-52-41(50,39(22,26(17)43)28(20)45)30(47)24(37)34(3,4)13-19-11-12-36(54-32(19)37)14-35(5,6)25-31(48)42(51)40-23(38(25,16-53-42)33(36)49)10-8-21(29(40)46)18(2)27(40)44/h20-25,28-31,45-48,50-51H,1-2,7-16H2,3-6H3/t20-,21-,22-,23-,24+,25+,28?,29?,30?,31?,36?,37-,38-,39-,40-,41?,42?/m0/s1. The van der Waals surface area contributed by atoms with Gasteiger partial charge >= 0.3 is 0 Å². The predicted molar refractivity (Wildman–Crippen MR) is 185 cm³/mol. The number of aliphatic hydroxyl groups is 6. The highest BCUT2D eigenvalue weighted by molar-refractivity contribution is 6.07. The number of carbonyl (C=O) groups is 3. The van der Waals surface area contributed by atoms with Crippen LogP contribution in [-0.2, 0) is 28.6 Å². The zero-order valence-corrected chi connectivity index (χ0v) is 31.4. The molecular formula is C42H52O12. The molecule has 5 spiro atoms. The van der Waals surface area contributed by atoms with Gasteiger partial charge in [-0.1, -0.05) is 40.9 Å². The van der Waals surface area contributed by atoms with Crippen LogP contribution in [0.2, 0.25) is 0 Å². The Kier molecular flexibility index (Phi) is 6.05. The van der Waals surface area contributed by atoms with Gasteiger partial charge in [-0.2, -0.15) is 0 Å². The van der Waals surface area contributed by atoms with E-state index in [1.54, 1.807) is 0 Å². The van der Waals surface area contributed by atoms with Crippen molar-refractivity contribution >= 4 is 17.3 Å². The lowest BCUT2D eigenvalue weighted by Crippen LogP contribution is -2.87. The summed E-state index contributed by atoms with van der Waals surface area (Å²) < 4.78 is 20.0. The van der Waals surface area contributed by atoms with Gasteiger partial charge in [0.15, 0.2) is 23.0 Å². The Bertz CT molecular complexity index is 1970. The molecule has 13 aliphatic rings. The molecule has 4 saturated heterocycles. The van der Waals surface area contributed by atoms with Gasteiger partial charge in [-0.05, 0) is 90.8 Å². The van der Waals surface area contributed by atoms with Crippen molar-refractivity contribution in [3.63, 3.8) is 0 Å². The van der Waals surface area contributed by atoms with Crippen LogP contribution in [0, 0.1) is 68.0 Å². The van der Waals surface area contributed by atoms with Crippen LogP contribution in [0.1, 0.15) is 79.1 Å². The largest absolute Gasteiger partial charge is 0.483 e. The van der Waals surface area contributed by atoms with Gasteiger partial charge in [0.2, 0.25) is 11.6 Å². The summed E-state index contributed by atoms with van der Waals surface area (Å²) in [7, 11) is 0. The highest BCUT2D eigenvalue weighted by atomic mass is 16.7. The van der Waals surface area contributed by atoms with Crippen molar-refractivity contribution in [3.05, 3.63) is 35.6 Å². The van der Waals surface area contributed by atoms with E-state index in [-0.39, 0.29) is 43.0 Å². The molecule has 0 radical (unpaired) electrons. The number of rotatable bonds is 0. The molecule has 17 atom stereocenters. The Hall–Kier alpha value is -2.29. The quantitative estimate of drug-likeness (QED) is 0.196. The van der Waals surface area contributed by atoms with Crippen LogP contribution in [0.25, 0.3) is 0 Å². The second kappa shape index (κ2) is 9.36. The first-order chi connectivity index (χ1) is 25.1. The van der Waals surface area contributed by atoms with Crippen LogP contribution in [0.5, 0.6) is 0 Å². The number of hydrogen-bond acceptors (Lipinski definition) is 12. The van der Waals surface area contributed by atoms with Gasteiger partial charge in [-0.3, -0.25) is 14.4 Å². The maximum absolute atomic E-state index is 16.0. The van der Waals surface area contributed by atoms with Gasteiger partial charge < -0.3 is 44.8 Å². The number of carbonyl (C=O) groups excluding carboxylic acids is 3. The predicted octanol–water partition coefficient (Wildman–Crippen LogP) is 1.64. The van der Waals surface area contributed by atoms with E-state index in [2.05, 4.69) is 13.2 Å². The van der Waals surface area contributed by atoms with E-state index in [0.29, 0.717) is 44.3 Å². The van der Waals surface area contributed by atoms with Gasteiger partial charge in [-0.15, -0.1) is 0 Å². The lowest BCUT2D eigenvalue weighted by molar-refractivity contribution is -0.447. The third kappa shape index (κ3) is 2.96. The first kappa shape index (κ1) is 34.9. The maximum Gasteiger partial charge on any atom is 0.208 e. The average Bonchev–Trinajstić information content (AvgIpc) is 3.26. The molecule has 0 aromatic heterocycles. The Balaban J connectivity index is 1.10. The maximum atomic E-state index is 16.0. The normalized spacial score (nSPS) is 59.5. The van der Waals surface area contributed by atoms with Crippen molar-refractivity contribution < 1.29 is 59.2 Å². The van der Waals surface area contributed by atoms with Gasteiger partial charge in [0.1, 0.15) is 28.8 Å². The molecule has 13 rings (SSSR count). The van der Waals surface area contributed by atoms with Gasteiger partial charge in [0.05, 0.1) is 36.3 Å². The Morgan fingerprint density at radius 2 is 1.15 bits per heavy atom. The minimum absolute atomic E-state index is 0.0940. The van der Waals surface area contributed by atoms with Crippen LogP contribution in [0.3, 0.4) is 0 Å². The van der Waals surface area contributed by atoms with Crippen LogP contribution < -0.4 is 0 Å². The molecule has 11 fully saturated rings. The number of allylic oxidation sites excluding steroid dienone is 1. The van der Waals surface area contributed by atoms with Gasteiger partial charge in [-0.25, -0.2) is 0 Å². The monoisotopic (exact) mass is 748 g/mol. The summed E-state index contributed by atoms with van der Waals surface area (Å²) in [6, 6.07) is 0. The van der Waals surface area contributed by atoms with E-state index in [1.165, 1.54) is 0 Å². The molecule has 12 heteroatoms. The molecule has 6 N–H and O–H groups in total. The van der Waals surface area contributed by atoms with Crippen molar-refractivity contribution in [2.45, 2.75) is 121 Å². The summed E-state index contributed by atoms with van der Waals surface area (Å²) in [6.07, 6.45) is -2.98. The molecule has 7 saturated carbocycles. The van der Waals surface area contributed by atoms with Crippen LogP contribution in [0.4, 0.5) is 0 Å². The summed E-state index contributed by atoms with van der Waals surface area (Å²) in [6.45, 7) is 15.7. The van der Waals surface area contributed by atoms with Crippen molar-refractivity contribution in [2.24, 2.45) is 68.0 Å². The first-order valence-electron chi connectivity index (χ1n) is 20.0. The van der Waals surface area contributed by atoms with Crippen molar-refractivity contribution in [2.75, 3.05) is 13.2 Å². The van der Waals surface area contributed by atoms with Gasteiger partial charge in [0.25, 0.3) is 0 Å². The molecule has 8 bridgehead atoms. The van der Waals surface area contributed by atoms with Crippen LogP contribution in [0.15, 0.2) is 35.6 Å². The smallest absolute Gasteiger partial charge is 0.208 e. The lowest BCUT2D eigenvalue weighted by Gasteiger charge is -2.76. The minimum atomic E-state index is -2.43. The molecule has 0 aromatic rings. The molecule has 12 nitrogen and oxygen atoms in total. The summed E-state index contributed by atoms with van der Waals surface area (Å²) in [5.74, 6) is -10.00. The average molecular weight is 749 g/mol. The number of hydrogen-bond donors (Lipinski definition) is 6. The second-order valence-electron chi connectivity index (χ2n) is 20.9. The molecular weight excluding hydrogens is 696 g/mol. The Morgan fingerprint density at radius 1 is 0.667 bits per heavy atom. The molecule has 0 amide bonds. The Morgan fingerprint density at radius 3 is 1.69 bits per heavy atom. The fraction of sp³-hybridized carbons (Fsp3) is 0.786. The van der Waals surface area contributed by atoms with Crippen LogP contribution >= 0.6 is 0 Å². The summed E-state index contributed by atoms with van der Waals surface area (Å²) >= 11 is 0. The fourth-order valence-electron chi connectivity index (χ4n) is 17.1. The van der Waals surface area contributed by atoms with Crippen LogP contribution in [-0.4, -0.2) is 103 Å². The topological polar surface area (TPSA) is 200 Å². The number of Topliss-reactive ketones (excluding diaryl/α,β-unsaturated/α-hetero) is 3. The number of fused-ring (bicyclic) bond motifs is 4. The fourth-order valence-corrected chi connectivity index (χ4v) is 17.1. The highest BCUT2D eigenvalue weighted by Crippen LogP contribution is 2.81. The van der Waals surface area contributed by atoms with Crippen molar-refractivity contribution in [1.82, 2.24) is 0 Å². The molecule has 54 heavy (non-hydrogen) atoms. The highest BCUT2D eigenvalue weighted by Gasteiger charge is 2.91. The van der Waals surface area contributed by atoms with E-state index >= 15 is 4.79 Å². The lowest BCUT2D eigenvalue weighted by atomic mass is 9.34. The molecule has 292 valence electrons. The third-order valence-corrected chi connectivity index (χ3v) is 18.4. The van der Waals surface area contributed by atoms with Crippen molar-refractivity contribution in [1.29, 1.82) is 0 Å². The number of aliphatic hydroxyl groups excluding tert-OH is 4. The van der Waals surface area contributed by atoms with Crippen molar-refractivity contribution in [3.8, 4) is 0 Å². The molecule has 8 aliphatic carbocycles. The molecule has 7 unspecified atom stereocenters. The Labute approximate surface area is 313 Å². The van der Waals surface area contributed by atoms with E-state index in [1.807, 2.05) is 27.7 Å². The molecule has 5 aliphatic heterocycles. The van der Waals surface area contributed by atoms with E-state index in [4.69, 9.17) is 14.2 Å². The van der Waals surface area contributed by atoms with E-state index < -0.39 is 121 Å². The molecule has 5 heterocycles. The SMILES string of the molecule is C=C1C(=O)[C@]23C(O)[C@H]1CC[C@H]2[C@@]12COC3(O)C(O)[C@@H]1C(C)(C)CC1(CCC3=C(O1)[C@]14COC(O)(C(O)[C@@H]1C(C)(C)C3)[C@]13C(=O)C(=C)[C@H](CC[C@@H]41)C3O)C2=O. The summed E-state index contributed by atoms with van der Waals surface area (Å²) in [4.78, 5) is 44.9. The zero-order valence-electron chi connectivity index (χ0n) is 31.4. The third-order valence-electron chi connectivity index (χ3n) is 18.4. The summed E-state index contributed by atoms with van der Waals surface area (Å²) in [5.41, 5.74) is -8.24. The number of ketones is 3. The number of ether oxygens (including phenoxy) is 3. The molecule has 0 aromatic carbocycles. The summed E-state index contributed by atoms with van der Waals surface area (Å²) in [5, 5.41) is 73.5. The zero-order chi connectivity index (χ0) is 38.5. The first-order valence-corrected chi connectivity index (χ1v) is 20.0. The van der Waals surface area contributed by atoms with E-state index in [9.17, 15) is 40.2 Å². The van der Waals surface area contributed by atoms with Gasteiger partial charge in [0, 0.05) is 23.7 Å². The minimum Gasteiger partial charge on any atom is -0.483 e.